The average molecular weight is 458 g/mol. The van der Waals surface area contributed by atoms with Gasteiger partial charge in [0.2, 0.25) is 4.80 Å². The molecule has 1 heterocycles. The zero-order valence-corrected chi connectivity index (χ0v) is 18.0. The van der Waals surface area contributed by atoms with E-state index in [1.54, 1.807) is 36.1 Å². The molecule has 3 rings (SSSR count). The smallest absolute Gasteiger partial charge is 0.206 e. The molecule has 0 spiro atoms. The molecule has 7 heteroatoms. The zero-order chi connectivity index (χ0) is 20.1. The Labute approximate surface area is 176 Å². The van der Waals surface area contributed by atoms with Gasteiger partial charge in [0.1, 0.15) is 11.5 Å². The van der Waals surface area contributed by atoms with Crippen LogP contribution in [0.5, 0.6) is 11.5 Å². The van der Waals surface area contributed by atoms with Gasteiger partial charge in [0.15, 0.2) is 0 Å². The SMILES string of the molecule is C=CCN=c1scc(-c2ccc(Br)cc2)n1N=C(C)c1ccc(OC)cc1O. The molecule has 0 unspecified atom stereocenters. The number of nitrogens with zero attached hydrogens (tertiary/aromatic N) is 3. The highest BCUT2D eigenvalue weighted by Crippen LogP contribution is 2.26. The van der Waals surface area contributed by atoms with Gasteiger partial charge in [-0.05, 0) is 31.2 Å². The van der Waals surface area contributed by atoms with Crippen LogP contribution in [0.15, 0.2) is 75.1 Å². The third kappa shape index (κ3) is 4.43. The van der Waals surface area contributed by atoms with E-state index in [0.717, 1.165) is 20.5 Å². The molecule has 1 aromatic heterocycles. The first kappa shape index (κ1) is 20.1. The summed E-state index contributed by atoms with van der Waals surface area (Å²) in [4.78, 5) is 5.30. The Morgan fingerprint density at radius 2 is 2.04 bits per heavy atom. The van der Waals surface area contributed by atoms with Crippen LogP contribution >= 0.6 is 27.3 Å². The largest absolute Gasteiger partial charge is 0.507 e. The van der Waals surface area contributed by atoms with Gasteiger partial charge in [-0.25, -0.2) is 4.68 Å². The molecule has 0 aliphatic heterocycles. The molecule has 2 aromatic carbocycles. The summed E-state index contributed by atoms with van der Waals surface area (Å²) < 4.78 is 7.97. The van der Waals surface area contributed by atoms with Crippen molar-refractivity contribution >= 4 is 33.0 Å². The number of halogens is 1. The predicted octanol–water partition coefficient (Wildman–Crippen LogP) is 5.05. The highest BCUT2D eigenvalue weighted by molar-refractivity contribution is 9.10. The Bertz CT molecular complexity index is 1080. The summed E-state index contributed by atoms with van der Waals surface area (Å²) in [6, 6.07) is 13.2. The van der Waals surface area contributed by atoms with Gasteiger partial charge >= 0.3 is 0 Å². The number of aromatic hydroxyl groups is 1. The second-order valence-electron chi connectivity index (χ2n) is 5.92. The van der Waals surface area contributed by atoms with Crippen molar-refractivity contribution in [3.63, 3.8) is 0 Å². The molecule has 0 aliphatic carbocycles. The van der Waals surface area contributed by atoms with Crippen molar-refractivity contribution < 1.29 is 9.84 Å². The fourth-order valence-electron chi connectivity index (χ4n) is 2.61. The summed E-state index contributed by atoms with van der Waals surface area (Å²) in [5.74, 6) is 0.709. The maximum Gasteiger partial charge on any atom is 0.206 e. The van der Waals surface area contributed by atoms with E-state index in [0.29, 0.717) is 23.6 Å². The van der Waals surface area contributed by atoms with Crippen molar-refractivity contribution in [3.05, 3.63) is 75.3 Å². The molecule has 0 aliphatic rings. The Morgan fingerprint density at radius 1 is 1.29 bits per heavy atom. The highest BCUT2D eigenvalue weighted by Gasteiger charge is 2.11. The van der Waals surface area contributed by atoms with E-state index >= 15 is 0 Å². The number of hydrogen-bond acceptors (Lipinski definition) is 5. The number of ether oxygens (including phenoxy) is 1. The number of phenols is 1. The minimum Gasteiger partial charge on any atom is -0.507 e. The molecule has 0 radical (unpaired) electrons. The number of rotatable bonds is 6. The summed E-state index contributed by atoms with van der Waals surface area (Å²) in [5, 5.41) is 17.1. The molecule has 144 valence electrons. The molecular weight excluding hydrogens is 438 g/mol. The topological polar surface area (TPSA) is 59.1 Å². The van der Waals surface area contributed by atoms with Crippen LogP contribution in [0.1, 0.15) is 12.5 Å². The lowest BCUT2D eigenvalue weighted by Crippen LogP contribution is -2.14. The quantitative estimate of drug-likeness (QED) is 0.415. The third-order valence-corrected chi connectivity index (χ3v) is 5.41. The lowest BCUT2D eigenvalue weighted by Gasteiger charge is -2.09. The van der Waals surface area contributed by atoms with Crippen molar-refractivity contribution in [3.8, 4) is 22.8 Å². The van der Waals surface area contributed by atoms with E-state index in [-0.39, 0.29) is 5.75 Å². The average Bonchev–Trinajstić information content (AvgIpc) is 3.09. The molecular formula is C21H20BrN3O2S. The second-order valence-corrected chi connectivity index (χ2v) is 7.67. The third-order valence-electron chi connectivity index (χ3n) is 4.03. The van der Waals surface area contributed by atoms with E-state index in [4.69, 9.17) is 9.84 Å². The molecule has 0 amide bonds. The van der Waals surface area contributed by atoms with Gasteiger partial charge in [-0.3, -0.25) is 4.99 Å². The van der Waals surface area contributed by atoms with Crippen LogP contribution in [0, 0.1) is 0 Å². The molecule has 0 saturated heterocycles. The Balaban J connectivity index is 2.13. The van der Waals surface area contributed by atoms with Crippen LogP contribution in [-0.2, 0) is 0 Å². The van der Waals surface area contributed by atoms with Crippen LogP contribution < -0.4 is 9.54 Å². The van der Waals surface area contributed by atoms with Crippen molar-refractivity contribution in [1.82, 2.24) is 4.68 Å². The first-order chi connectivity index (χ1) is 13.5. The van der Waals surface area contributed by atoms with Crippen LogP contribution in [-0.4, -0.2) is 29.1 Å². The fraction of sp³-hybridized carbons (Fsp3) is 0.143. The molecule has 0 bridgehead atoms. The number of methoxy groups -OCH3 is 1. The first-order valence-electron chi connectivity index (χ1n) is 8.54. The van der Waals surface area contributed by atoms with E-state index in [9.17, 15) is 5.11 Å². The van der Waals surface area contributed by atoms with Crippen molar-refractivity contribution in [2.75, 3.05) is 13.7 Å². The minimum absolute atomic E-state index is 0.117. The first-order valence-corrected chi connectivity index (χ1v) is 10.2. The van der Waals surface area contributed by atoms with Crippen LogP contribution in [0.4, 0.5) is 0 Å². The van der Waals surface area contributed by atoms with E-state index in [1.165, 1.54) is 11.3 Å². The normalized spacial score (nSPS) is 12.2. The molecule has 28 heavy (non-hydrogen) atoms. The van der Waals surface area contributed by atoms with E-state index < -0.39 is 0 Å². The number of benzene rings is 2. The van der Waals surface area contributed by atoms with E-state index in [1.807, 2.05) is 36.6 Å². The van der Waals surface area contributed by atoms with Crippen molar-refractivity contribution in [1.29, 1.82) is 0 Å². The number of phenolic OH excluding ortho intramolecular Hbond substituents is 1. The van der Waals surface area contributed by atoms with Gasteiger partial charge in [0.05, 0.1) is 25.1 Å². The van der Waals surface area contributed by atoms with Gasteiger partial charge in [0.25, 0.3) is 0 Å². The number of hydrogen-bond donors (Lipinski definition) is 1. The Hall–Kier alpha value is -2.64. The van der Waals surface area contributed by atoms with Crippen LogP contribution in [0.3, 0.4) is 0 Å². The molecule has 3 aromatic rings. The minimum atomic E-state index is 0.117. The second kappa shape index (κ2) is 9.03. The summed E-state index contributed by atoms with van der Waals surface area (Å²) in [6.45, 7) is 6.09. The predicted molar refractivity (Wildman–Crippen MR) is 118 cm³/mol. The molecule has 0 fully saturated rings. The molecule has 0 saturated carbocycles. The van der Waals surface area contributed by atoms with Gasteiger partial charge in [-0.1, -0.05) is 34.1 Å². The zero-order valence-electron chi connectivity index (χ0n) is 15.6. The van der Waals surface area contributed by atoms with Crippen molar-refractivity contribution in [2.45, 2.75) is 6.92 Å². The summed E-state index contributed by atoms with van der Waals surface area (Å²) in [6.07, 6.45) is 1.75. The maximum atomic E-state index is 10.3. The van der Waals surface area contributed by atoms with E-state index in [2.05, 4.69) is 27.5 Å². The lowest BCUT2D eigenvalue weighted by atomic mass is 10.1. The monoisotopic (exact) mass is 457 g/mol. The Kier molecular flexibility index (Phi) is 6.49. The summed E-state index contributed by atoms with van der Waals surface area (Å²) in [5.41, 5.74) is 3.25. The van der Waals surface area contributed by atoms with Gasteiger partial charge in [0, 0.05) is 27.0 Å². The highest BCUT2D eigenvalue weighted by atomic mass is 79.9. The number of thiazole rings is 1. The van der Waals surface area contributed by atoms with Gasteiger partial charge in [-0.2, -0.15) is 5.10 Å². The standard InChI is InChI=1S/C21H20BrN3O2S/c1-4-11-23-21-25(19(13-28-21)15-5-7-16(22)8-6-15)24-14(2)18-10-9-17(27-3)12-20(18)26/h4-10,12-13,26H,1,11H2,2-3H3. The van der Waals surface area contributed by atoms with Gasteiger partial charge < -0.3 is 9.84 Å². The van der Waals surface area contributed by atoms with Crippen molar-refractivity contribution in [2.24, 2.45) is 10.1 Å². The number of aromatic nitrogens is 1. The van der Waals surface area contributed by atoms with Crippen LogP contribution in [0.25, 0.3) is 11.3 Å². The maximum absolute atomic E-state index is 10.3. The lowest BCUT2D eigenvalue weighted by molar-refractivity contribution is 0.407. The molecule has 1 N–H and O–H groups in total. The van der Waals surface area contributed by atoms with Gasteiger partial charge in [-0.15, -0.1) is 17.9 Å². The Morgan fingerprint density at radius 3 is 2.68 bits per heavy atom. The molecule has 5 nitrogen and oxygen atoms in total. The fourth-order valence-corrected chi connectivity index (χ4v) is 3.72. The molecule has 0 atom stereocenters. The summed E-state index contributed by atoms with van der Waals surface area (Å²) >= 11 is 4.98. The van der Waals surface area contributed by atoms with Crippen LogP contribution in [0.2, 0.25) is 0 Å². The summed E-state index contributed by atoms with van der Waals surface area (Å²) in [7, 11) is 1.56.